The lowest BCUT2D eigenvalue weighted by Gasteiger charge is -2.13. The van der Waals surface area contributed by atoms with E-state index in [2.05, 4.69) is 23.1 Å². The van der Waals surface area contributed by atoms with Gasteiger partial charge in [0.1, 0.15) is 11.4 Å². The van der Waals surface area contributed by atoms with E-state index in [1.807, 2.05) is 24.3 Å². The van der Waals surface area contributed by atoms with Crippen LogP contribution in [0.1, 0.15) is 5.56 Å². The van der Waals surface area contributed by atoms with E-state index in [9.17, 15) is 9.59 Å². The van der Waals surface area contributed by atoms with Crippen LogP contribution in [0.4, 0.5) is 10.5 Å². The Morgan fingerprint density at radius 2 is 1.75 bits per heavy atom. The van der Waals surface area contributed by atoms with Crippen molar-refractivity contribution in [2.24, 2.45) is 4.99 Å². The minimum absolute atomic E-state index is 0.0335. The molecule has 0 unspecified atom stereocenters. The Morgan fingerprint density at radius 3 is 2.54 bits per heavy atom. The molecule has 0 aliphatic carbocycles. The van der Waals surface area contributed by atoms with Gasteiger partial charge in [-0.25, -0.2) is 9.79 Å². The fraction of sp³-hybridized carbons (Fsp3) is 0. The predicted octanol–water partition coefficient (Wildman–Crippen LogP) is 3.24. The highest BCUT2D eigenvalue weighted by molar-refractivity contribution is 7.79. The van der Waals surface area contributed by atoms with E-state index < -0.39 is 12.0 Å². The lowest BCUT2D eigenvalue weighted by Crippen LogP contribution is -2.32. The third-order valence-corrected chi connectivity index (χ3v) is 3.55. The number of benzene rings is 2. The summed E-state index contributed by atoms with van der Waals surface area (Å²) in [4.78, 5) is 28.5. The predicted molar refractivity (Wildman–Crippen MR) is 94.0 cm³/mol. The van der Waals surface area contributed by atoms with Crippen molar-refractivity contribution in [3.63, 3.8) is 0 Å². The number of rotatable bonds is 2. The number of imide groups is 1. The van der Waals surface area contributed by atoms with Crippen LogP contribution in [-0.2, 0) is 4.79 Å². The molecule has 1 aliphatic heterocycles. The summed E-state index contributed by atoms with van der Waals surface area (Å²) >= 11 is 3.92. The number of anilines is 1. The highest BCUT2D eigenvalue weighted by Crippen LogP contribution is 2.19. The highest BCUT2D eigenvalue weighted by Gasteiger charge is 2.24. The van der Waals surface area contributed by atoms with Crippen molar-refractivity contribution in [2.45, 2.75) is 0 Å². The van der Waals surface area contributed by atoms with Crippen LogP contribution in [0.5, 0.6) is 5.75 Å². The summed E-state index contributed by atoms with van der Waals surface area (Å²) in [7, 11) is 0. The average molecular weight is 339 g/mol. The van der Waals surface area contributed by atoms with E-state index in [1.54, 1.807) is 36.5 Å². The van der Waals surface area contributed by atoms with Gasteiger partial charge < -0.3 is 10.1 Å². The first kappa shape index (κ1) is 15.8. The van der Waals surface area contributed by atoms with Gasteiger partial charge in [-0.1, -0.05) is 49.2 Å². The number of nitrogens with one attached hydrogen (secondary N) is 1. The third kappa shape index (κ3) is 3.47. The molecule has 2 amide bonds. The molecule has 120 valence electrons. The van der Waals surface area contributed by atoms with Crippen LogP contribution in [0.25, 0.3) is 0 Å². The minimum atomic E-state index is -0.910. The Labute approximate surface area is 144 Å². The zero-order chi connectivity index (χ0) is 16.9. The van der Waals surface area contributed by atoms with E-state index >= 15 is 0 Å². The second-order valence-corrected chi connectivity index (χ2v) is 5.22. The molecule has 1 N–H and O–H groups in total. The van der Waals surface area contributed by atoms with Gasteiger partial charge in [0.05, 0.1) is 0 Å². The molecule has 0 saturated heterocycles. The Morgan fingerprint density at radius 1 is 1.04 bits per heavy atom. The topological polar surface area (TPSA) is 71.0 Å². The molecule has 2 aromatic carbocycles. The Hall–Kier alpha value is -3.06. The number of carbonyl (C=O) groups is 2. The number of para-hydroxylation sites is 2. The maximum Gasteiger partial charge on any atom is 0.432 e. The van der Waals surface area contributed by atoms with Gasteiger partial charge in [0.2, 0.25) is 0 Å². The van der Waals surface area contributed by atoms with Gasteiger partial charge in [-0.05, 0) is 18.2 Å². The number of hydrogen-bond donors (Lipinski definition) is 2. The number of nitrogens with zero attached hydrogens (tertiary/aromatic N) is 2. The number of hydrogen-bond acceptors (Lipinski definition) is 6. The molecule has 24 heavy (non-hydrogen) atoms. The van der Waals surface area contributed by atoms with Crippen molar-refractivity contribution in [1.29, 1.82) is 0 Å². The summed E-state index contributed by atoms with van der Waals surface area (Å²) in [5.41, 5.74) is 1.67. The highest BCUT2D eigenvalue weighted by atomic mass is 32.1. The molecule has 0 bridgehead atoms. The van der Waals surface area contributed by atoms with Crippen LogP contribution in [0.15, 0.2) is 71.5 Å². The largest absolute Gasteiger partial charge is 0.432 e. The van der Waals surface area contributed by atoms with Crippen molar-refractivity contribution in [3.05, 3.63) is 72.1 Å². The van der Waals surface area contributed by atoms with Crippen molar-refractivity contribution in [1.82, 2.24) is 4.31 Å². The van der Waals surface area contributed by atoms with Gasteiger partial charge in [0, 0.05) is 23.7 Å². The van der Waals surface area contributed by atoms with Crippen LogP contribution < -0.4 is 10.1 Å². The Bertz CT molecular complexity index is 834. The maximum atomic E-state index is 12.4. The molecule has 0 saturated carbocycles. The van der Waals surface area contributed by atoms with Crippen molar-refractivity contribution in [2.75, 3.05) is 5.32 Å². The number of amides is 2. The number of ether oxygens (including phenoxy) is 1. The number of carbonyl (C=O) groups excluding carboxylic acids is 2. The maximum absolute atomic E-state index is 12.4. The normalized spacial score (nSPS) is 12.3. The van der Waals surface area contributed by atoms with E-state index in [0.29, 0.717) is 10.1 Å². The van der Waals surface area contributed by atoms with Crippen LogP contribution in [0, 0.1) is 0 Å². The summed E-state index contributed by atoms with van der Waals surface area (Å²) < 4.78 is 5.65. The van der Waals surface area contributed by atoms with E-state index in [-0.39, 0.29) is 5.70 Å². The molecule has 1 aliphatic rings. The fourth-order valence-electron chi connectivity index (χ4n) is 2.00. The van der Waals surface area contributed by atoms with E-state index in [4.69, 9.17) is 4.74 Å². The molecule has 2 aromatic rings. The Balaban J connectivity index is 1.72. The number of fused-ring (bicyclic) bond motifs is 1. The summed E-state index contributed by atoms with van der Waals surface area (Å²) in [6, 6.07) is 15.9. The van der Waals surface area contributed by atoms with Crippen molar-refractivity contribution < 1.29 is 14.3 Å². The first-order valence-electron chi connectivity index (χ1n) is 7.05. The van der Waals surface area contributed by atoms with Gasteiger partial charge in [-0.2, -0.15) is 4.31 Å². The SMILES string of the molecule is O=C(Oc1ccccc1)N(S)C(=O)C1=CNc2ccccc2C=N1. The molecular weight excluding hydrogens is 326 g/mol. The summed E-state index contributed by atoms with van der Waals surface area (Å²) in [5, 5.41) is 2.98. The molecule has 7 heteroatoms. The molecule has 1 heterocycles. The Kier molecular flexibility index (Phi) is 4.62. The minimum Gasteiger partial charge on any atom is -0.409 e. The van der Waals surface area contributed by atoms with Crippen LogP contribution in [0.2, 0.25) is 0 Å². The van der Waals surface area contributed by atoms with Gasteiger partial charge in [-0.3, -0.25) is 4.79 Å². The van der Waals surface area contributed by atoms with Crippen LogP contribution in [-0.4, -0.2) is 22.5 Å². The molecular formula is C17H13N3O3S. The molecule has 0 radical (unpaired) electrons. The van der Waals surface area contributed by atoms with Crippen molar-refractivity contribution in [3.8, 4) is 5.75 Å². The summed E-state index contributed by atoms with van der Waals surface area (Å²) in [6.45, 7) is 0. The molecule has 0 atom stereocenters. The third-order valence-electron chi connectivity index (χ3n) is 3.20. The zero-order valence-corrected chi connectivity index (χ0v) is 13.3. The fourth-order valence-corrected chi connectivity index (χ4v) is 2.15. The molecule has 0 spiro atoms. The lowest BCUT2D eigenvalue weighted by molar-refractivity contribution is -0.120. The van der Waals surface area contributed by atoms with E-state index in [0.717, 1.165) is 11.3 Å². The quantitative estimate of drug-likeness (QED) is 0.824. The summed E-state index contributed by atoms with van der Waals surface area (Å²) in [5.74, 6) is -0.381. The lowest BCUT2D eigenvalue weighted by atomic mass is 10.2. The monoisotopic (exact) mass is 339 g/mol. The van der Waals surface area contributed by atoms with Crippen LogP contribution in [0.3, 0.4) is 0 Å². The van der Waals surface area contributed by atoms with Gasteiger partial charge >= 0.3 is 6.09 Å². The second kappa shape index (κ2) is 7.01. The van der Waals surface area contributed by atoms with Gasteiger partial charge in [-0.15, -0.1) is 0 Å². The number of thiol groups is 1. The first-order valence-corrected chi connectivity index (χ1v) is 7.45. The van der Waals surface area contributed by atoms with Gasteiger partial charge in [0.15, 0.2) is 0 Å². The standard InChI is InChI=1S/C17H13N3O3S/c21-16(20(24)17(22)23-13-7-2-1-3-8-13)15-11-19-14-9-5-4-6-12(14)10-18-15/h1-11,19,24H. The summed E-state index contributed by atoms with van der Waals surface area (Å²) in [6.07, 6.45) is 2.06. The molecule has 6 nitrogen and oxygen atoms in total. The van der Waals surface area contributed by atoms with Crippen LogP contribution >= 0.6 is 12.8 Å². The van der Waals surface area contributed by atoms with E-state index in [1.165, 1.54) is 6.20 Å². The molecule has 0 fully saturated rings. The average Bonchev–Trinajstić information content (AvgIpc) is 2.84. The smallest absolute Gasteiger partial charge is 0.409 e. The molecule has 0 aromatic heterocycles. The van der Waals surface area contributed by atoms with Crippen molar-refractivity contribution >= 4 is 36.7 Å². The molecule has 3 rings (SSSR count). The first-order chi connectivity index (χ1) is 11.6. The second-order valence-electron chi connectivity index (χ2n) is 4.82. The van der Waals surface area contributed by atoms with Gasteiger partial charge in [0.25, 0.3) is 5.91 Å². The number of aliphatic imine (C=N–C) groups is 1. The zero-order valence-electron chi connectivity index (χ0n) is 12.4.